The summed E-state index contributed by atoms with van der Waals surface area (Å²) in [7, 11) is 0. The van der Waals surface area contributed by atoms with Gasteiger partial charge in [-0.1, -0.05) is 49.4 Å². The SMILES string of the molecule is CCCSc1ccccc1N1CCN(CCC[C@@H](O)c2ccccc2)CC1. The molecule has 0 unspecified atom stereocenters. The van der Waals surface area contributed by atoms with E-state index in [1.165, 1.54) is 22.8 Å². The van der Waals surface area contributed by atoms with Gasteiger partial charge in [0.05, 0.1) is 11.8 Å². The molecule has 1 saturated heterocycles. The van der Waals surface area contributed by atoms with Crippen LogP contribution in [0.2, 0.25) is 0 Å². The number of para-hydroxylation sites is 1. The third-order valence-electron chi connectivity index (χ3n) is 5.18. The lowest BCUT2D eigenvalue weighted by Gasteiger charge is -2.37. The lowest BCUT2D eigenvalue weighted by atomic mass is 10.0. The Morgan fingerprint density at radius 2 is 1.67 bits per heavy atom. The molecule has 0 saturated carbocycles. The summed E-state index contributed by atoms with van der Waals surface area (Å²) in [6, 6.07) is 18.8. The topological polar surface area (TPSA) is 26.7 Å². The molecule has 2 aromatic carbocycles. The summed E-state index contributed by atoms with van der Waals surface area (Å²) < 4.78 is 0. The van der Waals surface area contributed by atoms with Gasteiger partial charge in [0.1, 0.15) is 0 Å². The molecule has 1 atom stereocenters. The van der Waals surface area contributed by atoms with Crippen LogP contribution in [0.15, 0.2) is 59.5 Å². The summed E-state index contributed by atoms with van der Waals surface area (Å²) in [4.78, 5) is 6.49. The zero-order chi connectivity index (χ0) is 18.9. The first-order valence-electron chi connectivity index (χ1n) is 10.2. The average molecular weight is 385 g/mol. The van der Waals surface area contributed by atoms with Crippen molar-refractivity contribution in [2.45, 2.75) is 37.2 Å². The Hall–Kier alpha value is -1.49. The van der Waals surface area contributed by atoms with Gasteiger partial charge in [-0.25, -0.2) is 0 Å². The number of piperazine rings is 1. The van der Waals surface area contributed by atoms with Crippen LogP contribution < -0.4 is 4.90 Å². The highest BCUT2D eigenvalue weighted by Gasteiger charge is 2.19. The van der Waals surface area contributed by atoms with E-state index in [2.05, 4.69) is 41.0 Å². The maximum Gasteiger partial charge on any atom is 0.0790 e. The Labute approximate surface area is 168 Å². The first-order chi connectivity index (χ1) is 13.3. The molecule has 2 aromatic rings. The predicted octanol–water partition coefficient (Wildman–Crippen LogP) is 4.82. The minimum absolute atomic E-state index is 0.338. The minimum Gasteiger partial charge on any atom is -0.388 e. The van der Waals surface area contributed by atoms with E-state index in [-0.39, 0.29) is 6.10 Å². The second-order valence-corrected chi connectivity index (χ2v) is 8.35. The number of thioether (sulfide) groups is 1. The lowest BCUT2D eigenvalue weighted by molar-refractivity contribution is 0.154. The third kappa shape index (κ3) is 6.00. The number of aliphatic hydroxyl groups excluding tert-OH is 1. The first kappa shape index (κ1) is 20.2. The van der Waals surface area contributed by atoms with Crippen molar-refractivity contribution in [2.24, 2.45) is 0 Å². The van der Waals surface area contributed by atoms with Crippen LogP contribution in [0.1, 0.15) is 37.9 Å². The molecular weight excluding hydrogens is 352 g/mol. The van der Waals surface area contributed by atoms with E-state index >= 15 is 0 Å². The number of nitrogens with zero attached hydrogens (tertiary/aromatic N) is 2. The number of rotatable bonds is 9. The van der Waals surface area contributed by atoms with Gasteiger partial charge >= 0.3 is 0 Å². The monoisotopic (exact) mass is 384 g/mol. The van der Waals surface area contributed by atoms with Crippen LogP contribution in [0.4, 0.5) is 5.69 Å². The molecule has 146 valence electrons. The molecule has 1 aliphatic rings. The van der Waals surface area contributed by atoms with Gasteiger partial charge in [-0.3, -0.25) is 4.90 Å². The van der Waals surface area contributed by atoms with E-state index in [4.69, 9.17) is 0 Å². The average Bonchev–Trinajstić information content (AvgIpc) is 2.73. The predicted molar refractivity (Wildman–Crippen MR) is 117 cm³/mol. The van der Waals surface area contributed by atoms with E-state index in [9.17, 15) is 5.11 Å². The fourth-order valence-corrected chi connectivity index (χ4v) is 4.56. The van der Waals surface area contributed by atoms with Crippen molar-refractivity contribution >= 4 is 17.4 Å². The van der Waals surface area contributed by atoms with Crippen molar-refractivity contribution in [3.63, 3.8) is 0 Å². The first-order valence-corrected chi connectivity index (χ1v) is 11.2. The Kier molecular flexibility index (Phi) is 8.06. The quantitative estimate of drug-likeness (QED) is 0.627. The molecule has 1 heterocycles. The number of benzene rings is 2. The highest BCUT2D eigenvalue weighted by Crippen LogP contribution is 2.31. The number of hydrogen-bond acceptors (Lipinski definition) is 4. The van der Waals surface area contributed by atoms with Crippen LogP contribution in [0.3, 0.4) is 0 Å². The molecule has 0 amide bonds. The van der Waals surface area contributed by atoms with Gasteiger partial charge in [0.2, 0.25) is 0 Å². The summed E-state index contributed by atoms with van der Waals surface area (Å²) in [5, 5.41) is 10.3. The van der Waals surface area contributed by atoms with Crippen LogP contribution in [0, 0.1) is 0 Å². The highest BCUT2D eigenvalue weighted by atomic mass is 32.2. The number of hydrogen-bond donors (Lipinski definition) is 1. The van der Waals surface area contributed by atoms with Crippen molar-refractivity contribution in [1.29, 1.82) is 0 Å². The summed E-state index contributed by atoms with van der Waals surface area (Å²) >= 11 is 1.97. The largest absolute Gasteiger partial charge is 0.388 e. The molecule has 3 nitrogen and oxygen atoms in total. The van der Waals surface area contributed by atoms with Crippen molar-refractivity contribution < 1.29 is 5.11 Å². The van der Waals surface area contributed by atoms with Gasteiger partial charge < -0.3 is 10.0 Å². The number of aliphatic hydroxyl groups is 1. The smallest absolute Gasteiger partial charge is 0.0790 e. The summed E-state index contributed by atoms with van der Waals surface area (Å²) in [5.41, 5.74) is 2.43. The molecule has 0 aliphatic carbocycles. The van der Waals surface area contributed by atoms with Gasteiger partial charge in [-0.2, -0.15) is 0 Å². The third-order valence-corrected chi connectivity index (χ3v) is 6.44. The molecule has 0 radical (unpaired) electrons. The molecular formula is C23H32N2OS. The fourth-order valence-electron chi connectivity index (χ4n) is 3.61. The Bertz CT molecular complexity index is 671. The molecule has 27 heavy (non-hydrogen) atoms. The van der Waals surface area contributed by atoms with Gasteiger partial charge in [0, 0.05) is 31.1 Å². The molecule has 1 aliphatic heterocycles. The molecule has 1 N–H and O–H groups in total. The van der Waals surface area contributed by atoms with Gasteiger partial charge in [0.25, 0.3) is 0 Å². The second-order valence-electron chi connectivity index (χ2n) is 7.21. The molecule has 3 rings (SSSR count). The van der Waals surface area contributed by atoms with Crippen molar-refractivity contribution in [1.82, 2.24) is 4.90 Å². The molecule has 0 bridgehead atoms. The highest BCUT2D eigenvalue weighted by molar-refractivity contribution is 7.99. The van der Waals surface area contributed by atoms with Crippen LogP contribution in [0.25, 0.3) is 0 Å². The maximum absolute atomic E-state index is 10.3. The van der Waals surface area contributed by atoms with Gasteiger partial charge in [-0.15, -0.1) is 11.8 Å². The van der Waals surface area contributed by atoms with Crippen molar-refractivity contribution in [3.05, 3.63) is 60.2 Å². The number of anilines is 1. The van der Waals surface area contributed by atoms with Crippen molar-refractivity contribution in [2.75, 3.05) is 43.4 Å². The normalized spacial score (nSPS) is 16.4. The Morgan fingerprint density at radius 1 is 0.963 bits per heavy atom. The van der Waals surface area contributed by atoms with Crippen LogP contribution in [-0.2, 0) is 0 Å². The van der Waals surface area contributed by atoms with Crippen molar-refractivity contribution in [3.8, 4) is 0 Å². The second kappa shape index (κ2) is 10.7. The van der Waals surface area contributed by atoms with E-state index in [0.717, 1.165) is 51.1 Å². The molecule has 0 spiro atoms. The maximum atomic E-state index is 10.3. The zero-order valence-corrected chi connectivity index (χ0v) is 17.2. The van der Waals surface area contributed by atoms with E-state index in [0.29, 0.717) is 0 Å². The van der Waals surface area contributed by atoms with Gasteiger partial charge in [-0.05, 0) is 49.3 Å². The van der Waals surface area contributed by atoms with Crippen LogP contribution >= 0.6 is 11.8 Å². The summed E-state index contributed by atoms with van der Waals surface area (Å²) in [6.45, 7) is 7.70. The van der Waals surface area contributed by atoms with E-state index in [1.54, 1.807) is 0 Å². The molecule has 4 heteroatoms. The van der Waals surface area contributed by atoms with Gasteiger partial charge in [0.15, 0.2) is 0 Å². The molecule has 1 fully saturated rings. The van der Waals surface area contributed by atoms with E-state index in [1.807, 2.05) is 42.1 Å². The summed E-state index contributed by atoms with van der Waals surface area (Å²) in [6.07, 6.45) is 2.75. The summed E-state index contributed by atoms with van der Waals surface area (Å²) in [5.74, 6) is 1.18. The van der Waals surface area contributed by atoms with Crippen LogP contribution in [-0.4, -0.2) is 48.5 Å². The standard InChI is InChI=1S/C23H32N2OS/c1-2-19-27-23-13-7-6-11-21(23)25-17-15-24(16-18-25)14-8-12-22(26)20-9-4-3-5-10-20/h3-7,9-11,13,22,26H,2,8,12,14-19H2,1H3/t22-/m1/s1. The minimum atomic E-state index is -0.338. The molecule has 0 aromatic heterocycles. The Balaban J connectivity index is 1.43. The fraction of sp³-hybridized carbons (Fsp3) is 0.478. The lowest BCUT2D eigenvalue weighted by Crippen LogP contribution is -2.46. The Morgan fingerprint density at radius 3 is 2.41 bits per heavy atom. The van der Waals surface area contributed by atoms with Crippen LogP contribution in [0.5, 0.6) is 0 Å². The zero-order valence-electron chi connectivity index (χ0n) is 16.4. The van der Waals surface area contributed by atoms with E-state index < -0.39 is 0 Å².